The van der Waals surface area contributed by atoms with Crippen molar-refractivity contribution in [1.29, 1.82) is 0 Å². The Kier molecular flexibility index (Phi) is 5.67. The molecule has 128 valence electrons. The van der Waals surface area contributed by atoms with Crippen LogP contribution in [0, 0.1) is 5.92 Å². The molecule has 0 bridgehead atoms. The molecule has 0 aromatic carbocycles. The molecule has 1 unspecified atom stereocenters. The van der Waals surface area contributed by atoms with E-state index < -0.39 is 12.1 Å². The summed E-state index contributed by atoms with van der Waals surface area (Å²) in [6.45, 7) is 2.76. The molecule has 6 heteroatoms. The van der Waals surface area contributed by atoms with E-state index in [0.29, 0.717) is 5.92 Å². The molecule has 1 aliphatic carbocycles. The van der Waals surface area contributed by atoms with Gasteiger partial charge in [-0.1, -0.05) is 12.8 Å². The molecule has 1 saturated carbocycles. The fourth-order valence-electron chi connectivity index (χ4n) is 3.72. The number of ether oxygens (including phenoxy) is 1. The number of aliphatic hydroxyl groups excluding tert-OH is 1. The molecular formula is C17H26N2O3S. The summed E-state index contributed by atoms with van der Waals surface area (Å²) in [5.74, 6) is 0.205. The van der Waals surface area contributed by atoms with Crippen molar-refractivity contribution in [3.05, 3.63) is 16.1 Å². The van der Waals surface area contributed by atoms with Crippen LogP contribution in [0.5, 0.6) is 0 Å². The summed E-state index contributed by atoms with van der Waals surface area (Å²) in [4.78, 5) is 19.8. The Balaban J connectivity index is 1.48. The van der Waals surface area contributed by atoms with Crippen LogP contribution in [-0.2, 0) is 16.1 Å². The van der Waals surface area contributed by atoms with Crippen LogP contribution in [0.15, 0.2) is 6.20 Å². The summed E-state index contributed by atoms with van der Waals surface area (Å²) in [5, 5.41) is 11.3. The second kappa shape index (κ2) is 7.73. The molecule has 0 radical (unpaired) electrons. The average Bonchev–Trinajstić information content (AvgIpc) is 3.25. The third-order valence-electron chi connectivity index (χ3n) is 5.18. The summed E-state index contributed by atoms with van der Waals surface area (Å²) in [6, 6.07) is 0. The largest absolute Gasteiger partial charge is 0.467 e. The van der Waals surface area contributed by atoms with E-state index in [1.807, 2.05) is 17.5 Å². The first-order valence-corrected chi connectivity index (χ1v) is 9.42. The molecule has 1 atom stereocenters. The first-order valence-electron chi connectivity index (χ1n) is 8.60. The topological polar surface area (TPSA) is 62.7 Å². The summed E-state index contributed by atoms with van der Waals surface area (Å²) < 4.78 is 4.63. The van der Waals surface area contributed by atoms with Crippen molar-refractivity contribution in [1.82, 2.24) is 9.88 Å². The zero-order valence-corrected chi connectivity index (χ0v) is 14.6. The molecule has 1 N–H and O–H groups in total. The Labute approximate surface area is 141 Å². The van der Waals surface area contributed by atoms with E-state index in [2.05, 4.69) is 14.6 Å². The number of carbonyl (C=O) groups is 1. The Bertz CT molecular complexity index is 520. The van der Waals surface area contributed by atoms with Crippen molar-refractivity contribution in [2.45, 2.75) is 57.1 Å². The van der Waals surface area contributed by atoms with E-state index in [4.69, 9.17) is 0 Å². The van der Waals surface area contributed by atoms with Crippen molar-refractivity contribution >= 4 is 17.3 Å². The van der Waals surface area contributed by atoms with Gasteiger partial charge in [0, 0.05) is 23.5 Å². The highest BCUT2D eigenvalue weighted by Crippen LogP contribution is 2.36. The summed E-state index contributed by atoms with van der Waals surface area (Å²) in [7, 11) is 1.33. The molecule has 1 aromatic rings. The standard InChI is InChI=1S/C17H26N2O3S/c1-22-17(21)15(20)12-6-8-19(9-7-12)11-14-10-18-16(23-14)13-4-2-3-5-13/h10,12-13,15,20H,2-9,11H2,1H3. The minimum absolute atomic E-state index is 0.0224. The SMILES string of the molecule is COC(=O)C(O)C1CCN(Cc2cnc(C3CCCC3)s2)CC1. The van der Waals surface area contributed by atoms with Gasteiger partial charge in [-0.15, -0.1) is 11.3 Å². The number of hydrogen-bond acceptors (Lipinski definition) is 6. The van der Waals surface area contributed by atoms with Crippen LogP contribution in [0.1, 0.15) is 54.3 Å². The molecule has 1 aliphatic heterocycles. The van der Waals surface area contributed by atoms with Crippen LogP contribution in [0.4, 0.5) is 0 Å². The molecule has 1 aromatic heterocycles. The van der Waals surface area contributed by atoms with Gasteiger partial charge in [0.15, 0.2) is 6.10 Å². The molecule has 3 rings (SSSR count). The van der Waals surface area contributed by atoms with Crippen LogP contribution >= 0.6 is 11.3 Å². The first-order chi connectivity index (χ1) is 11.2. The van der Waals surface area contributed by atoms with E-state index in [-0.39, 0.29) is 5.92 Å². The Morgan fingerprint density at radius 1 is 1.39 bits per heavy atom. The quantitative estimate of drug-likeness (QED) is 0.836. The fourth-order valence-corrected chi connectivity index (χ4v) is 4.85. The smallest absolute Gasteiger partial charge is 0.334 e. The van der Waals surface area contributed by atoms with Crippen molar-refractivity contribution in [2.75, 3.05) is 20.2 Å². The van der Waals surface area contributed by atoms with Crippen molar-refractivity contribution in [3.63, 3.8) is 0 Å². The molecular weight excluding hydrogens is 312 g/mol. The normalized spacial score (nSPS) is 22.3. The van der Waals surface area contributed by atoms with Crippen LogP contribution < -0.4 is 0 Å². The van der Waals surface area contributed by atoms with Gasteiger partial charge in [0.2, 0.25) is 0 Å². The zero-order valence-electron chi connectivity index (χ0n) is 13.7. The van der Waals surface area contributed by atoms with E-state index in [1.54, 1.807) is 0 Å². The number of methoxy groups -OCH3 is 1. The predicted molar refractivity (Wildman–Crippen MR) is 89.3 cm³/mol. The highest BCUT2D eigenvalue weighted by Gasteiger charge is 2.30. The number of likely N-dealkylation sites (tertiary alicyclic amines) is 1. The van der Waals surface area contributed by atoms with Gasteiger partial charge in [-0.25, -0.2) is 9.78 Å². The van der Waals surface area contributed by atoms with E-state index in [9.17, 15) is 9.90 Å². The van der Waals surface area contributed by atoms with Crippen molar-refractivity contribution in [3.8, 4) is 0 Å². The summed E-state index contributed by atoms with van der Waals surface area (Å²) in [6.07, 6.45) is 8.02. The highest BCUT2D eigenvalue weighted by molar-refractivity contribution is 7.11. The Morgan fingerprint density at radius 2 is 2.09 bits per heavy atom. The number of carbonyl (C=O) groups excluding carboxylic acids is 1. The molecule has 2 aliphatic rings. The van der Waals surface area contributed by atoms with E-state index in [1.165, 1.54) is 42.7 Å². The summed E-state index contributed by atoms with van der Waals surface area (Å²) >= 11 is 1.86. The number of rotatable bonds is 5. The van der Waals surface area contributed by atoms with Gasteiger partial charge in [-0.3, -0.25) is 4.90 Å². The van der Waals surface area contributed by atoms with Gasteiger partial charge in [-0.05, 0) is 44.7 Å². The Morgan fingerprint density at radius 3 is 2.74 bits per heavy atom. The van der Waals surface area contributed by atoms with Gasteiger partial charge in [0.25, 0.3) is 0 Å². The van der Waals surface area contributed by atoms with Crippen molar-refractivity contribution in [2.24, 2.45) is 5.92 Å². The second-order valence-corrected chi connectivity index (χ2v) is 7.87. The van der Waals surface area contributed by atoms with Gasteiger partial charge < -0.3 is 9.84 Å². The van der Waals surface area contributed by atoms with Gasteiger partial charge in [0.1, 0.15) is 0 Å². The maximum absolute atomic E-state index is 11.4. The van der Waals surface area contributed by atoms with Crippen LogP contribution in [0.25, 0.3) is 0 Å². The maximum Gasteiger partial charge on any atom is 0.334 e. The number of thiazole rings is 1. The lowest BCUT2D eigenvalue weighted by atomic mass is 9.91. The lowest BCUT2D eigenvalue weighted by molar-refractivity contribution is -0.154. The zero-order chi connectivity index (χ0) is 16.2. The molecule has 1 saturated heterocycles. The summed E-state index contributed by atoms with van der Waals surface area (Å²) in [5.41, 5.74) is 0. The van der Waals surface area contributed by atoms with Crippen LogP contribution in [0.3, 0.4) is 0 Å². The number of nitrogens with zero attached hydrogens (tertiary/aromatic N) is 2. The lowest BCUT2D eigenvalue weighted by Crippen LogP contribution is -2.40. The van der Waals surface area contributed by atoms with Crippen LogP contribution in [0.2, 0.25) is 0 Å². The Hall–Kier alpha value is -0.980. The minimum atomic E-state index is -0.973. The minimum Gasteiger partial charge on any atom is -0.467 e. The predicted octanol–water partition coefficient (Wildman–Crippen LogP) is 2.55. The second-order valence-electron chi connectivity index (χ2n) is 6.73. The van der Waals surface area contributed by atoms with Gasteiger partial charge in [0.05, 0.1) is 12.1 Å². The first kappa shape index (κ1) is 16.9. The van der Waals surface area contributed by atoms with E-state index >= 15 is 0 Å². The number of piperidine rings is 1. The monoisotopic (exact) mass is 338 g/mol. The number of hydrogen-bond donors (Lipinski definition) is 1. The molecule has 2 heterocycles. The third-order valence-corrected chi connectivity index (χ3v) is 6.32. The van der Waals surface area contributed by atoms with Crippen molar-refractivity contribution < 1.29 is 14.6 Å². The maximum atomic E-state index is 11.4. The van der Waals surface area contributed by atoms with E-state index in [0.717, 1.165) is 32.5 Å². The van der Waals surface area contributed by atoms with Gasteiger partial charge >= 0.3 is 5.97 Å². The average molecular weight is 338 g/mol. The lowest BCUT2D eigenvalue weighted by Gasteiger charge is -2.32. The number of aromatic nitrogens is 1. The number of aliphatic hydroxyl groups is 1. The molecule has 2 fully saturated rings. The highest BCUT2D eigenvalue weighted by atomic mass is 32.1. The number of esters is 1. The fraction of sp³-hybridized carbons (Fsp3) is 0.765. The molecule has 0 spiro atoms. The van der Waals surface area contributed by atoms with Crippen LogP contribution in [-0.4, -0.2) is 47.3 Å². The molecule has 0 amide bonds. The molecule has 5 nitrogen and oxygen atoms in total. The molecule has 23 heavy (non-hydrogen) atoms. The third kappa shape index (κ3) is 4.11. The van der Waals surface area contributed by atoms with Gasteiger partial charge in [-0.2, -0.15) is 0 Å².